The average molecular weight is 915 g/mol. The smallest absolute Gasteiger partial charge is 0.187 e. The fourth-order valence-corrected chi connectivity index (χ4v) is 14.4. The highest BCUT2D eigenvalue weighted by atomic mass is 16.8. The minimum Gasteiger partial charge on any atom is -0.394 e. The molecule has 17 nitrogen and oxygen atoms in total. The Morgan fingerprint density at radius 2 is 1.30 bits per heavy atom. The second-order valence-electron chi connectivity index (χ2n) is 22.0. The van der Waals surface area contributed by atoms with Gasteiger partial charge in [-0.2, -0.15) is 0 Å². The molecule has 23 atom stereocenters. The highest BCUT2D eigenvalue weighted by molar-refractivity contribution is 5.62. The van der Waals surface area contributed by atoms with E-state index in [1.807, 2.05) is 13.8 Å². The van der Waals surface area contributed by atoms with Crippen molar-refractivity contribution in [3.8, 4) is 0 Å². The Bertz CT molecular complexity index is 1640. The van der Waals surface area contributed by atoms with Crippen molar-refractivity contribution in [3.63, 3.8) is 0 Å². The van der Waals surface area contributed by atoms with E-state index < -0.39 is 122 Å². The fraction of sp³-hybridized carbons (Fsp3) is 0.936. The summed E-state index contributed by atoms with van der Waals surface area (Å²) in [6, 6.07) is 0. The van der Waals surface area contributed by atoms with Crippen LogP contribution in [0, 0.1) is 45.3 Å². The number of rotatable bonds is 13. The van der Waals surface area contributed by atoms with Crippen molar-refractivity contribution >= 4 is 6.29 Å². The highest BCUT2D eigenvalue weighted by Gasteiger charge is 2.71. The first-order valence-electron chi connectivity index (χ1n) is 23.7. The van der Waals surface area contributed by atoms with Crippen LogP contribution in [0.4, 0.5) is 0 Å². The van der Waals surface area contributed by atoms with E-state index in [9.17, 15) is 55.9 Å². The van der Waals surface area contributed by atoms with Crippen molar-refractivity contribution < 1.29 is 84.3 Å². The van der Waals surface area contributed by atoms with Gasteiger partial charge in [0.2, 0.25) is 0 Å². The van der Waals surface area contributed by atoms with Crippen molar-refractivity contribution in [3.05, 3.63) is 11.6 Å². The van der Waals surface area contributed by atoms with Gasteiger partial charge in [0, 0.05) is 5.41 Å². The molecule has 4 saturated carbocycles. The molecule has 3 saturated heterocycles. The zero-order valence-electron chi connectivity index (χ0n) is 38.6. The lowest BCUT2D eigenvalue weighted by molar-refractivity contribution is -0.367. The number of fused-ring (bicyclic) bond motifs is 5. The number of carbonyl (C=O) groups is 1. The summed E-state index contributed by atoms with van der Waals surface area (Å²) in [7, 11) is 0. The van der Waals surface area contributed by atoms with Crippen molar-refractivity contribution in [2.75, 3.05) is 19.8 Å². The molecule has 0 aromatic rings. The summed E-state index contributed by atoms with van der Waals surface area (Å²) < 4.78 is 37.0. The van der Waals surface area contributed by atoms with E-state index in [1.165, 1.54) is 11.9 Å². The molecule has 368 valence electrons. The molecule has 0 spiro atoms. The zero-order valence-corrected chi connectivity index (χ0v) is 38.6. The summed E-state index contributed by atoms with van der Waals surface area (Å²) in [6.45, 7) is 13.7. The third-order valence-electron chi connectivity index (χ3n) is 18.2. The van der Waals surface area contributed by atoms with Crippen LogP contribution in [0.3, 0.4) is 0 Å². The van der Waals surface area contributed by atoms with Gasteiger partial charge in [0.25, 0.3) is 0 Å². The SMILES string of the molecule is CC(C)=CCC[C@@](C)(O[C@@H]1O[C@H](CO)[C@@H](O)[C@H](O)[C@H]1O)[C@H]1CC[C@]2(C)[C@@H]1CC[C@@H]1[C@@]3(C=O)CC[C@H](O[C@@H]4OC[C@H](O)[C@H](O)[C@H]4O[C@@H]4O[C@H](CO)[C@@H](O)[C@H](O)[C@H]4O)C(C)(C)[C@@H]3CC[C@]12C. The summed E-state index contributed by atoms with van der Waals surface area (Å²) in [5, 5.41) is 105. The summed E-state index contributed by atoms with van der Waals surface area (Å²) in [5.74, 6) is 0.222. The fourth-order valence-electron chi connectivity index (χ4n) is 14.4. The van der Waals surface area contributed by atoms with Crippen LogP contribution in [0.15, 0.2) is 11.6 Å². The second kappa shape index (κ2) is 18.9. The van der Waals surface area contributed by atoms with Gasteiger partial charge in [0.1, 0.15) is 73.4 Å². The monoisotopic (exact) mass is 915 g/mol. The lowest BCUT2D eigenvalue weighted by Crippen LogP contribution is -2.67. The molecule has 0 bridgehead atoms. The number of hydrogen-bond donors (Lipinski definition) is 10. The molecule has 7 rings (SSSR count). The van der Waals surface area contributed by atoms with E-state index in [-0.39, 0.29) is 41.1 Å². The van der Waals surface area contributed by atoms with Crippen molar-refractivity contribution in [2.24, 2.45) is 45.3 Å². The van der Waals surface area contributed by atoms with Crippen LogP contribution in [0.1, 0.15) is 113 Å². The molecule has 0 unspecified atom stereocenters. The highest BCUT2D eigenvalue weighted by Crippen LogP contribution is 2.76. The number of allylic oxidation sites excluding steroid dienone is 2. The Labute approximate surface area is 377 Å². The summed E-state index contributed by atoms with van der Waals surface area (Å²) >= 11 is 0. The number of aliphatic hydroxyl groups excluding tert-OH is 10. The molecule has 4 aliphatic carbocycles. The number of aldehydes is 1. The Morgan fingerprint density at radius 3 is 1.91 bits per heavy atom. The van der Waals surface area contributed by atoms with Crippen molar-refractivity contribution in [2.45, 2.75) is 210 Å². The summed E-state index contributed by atoms with van der Waals surface area (Å²) in [5.41, 5.74) is -1.31. The lowest BCUT2D eigenvalue weighted by atomic mass is 9.35. The first-order chi connectivity index (χ1) is 30.0. The molecule has 64 heavy (non-hydrogen) atoms. The van der Waals surface area contributed by atoms with Crippen LogP contribution >= 0.6 is 0 Å². The van der Waals surface area contributed by atoms with Crippen LogP contribution in [0.2, 0.25) is 0 Å². The predicted molar refractivity (Wildman–Crippen MR) is 227 cm³/mol. The van der Waals surface area contributed by atoms with Crippen molar-refractivity contribution in [1.82, 2.24) is 0 Å². The number of aliphatic hydroxyl groups is 10. The first kappa shape index (κ1) is 50.6. The number of ether oxygens (including phenoxy) is 6. The molecule has 0 aromatic heterocycles. The minimum absolute atomic E-state index is 0.0428. The Morgan fingerprint density at radius 1 is 0.688 bits per heavy atom. The molecule has 10 N–H and O–H groups in total. The van der Waals surface area contributed by atoms with Crippen LogP contribution < -0.4 is 0 Å². The van der Waals surface area contributed by atoms with Gasteiger partial charge >= 0.3 is 0 Å². The van der Waals surface area contributed by atoms with Crippen LogP contribution in [0.5, 0.6) is 0 Å². The third-order valence-corrected chi connectivity index (χ3v) is 18.2. The summed E-state index contributed by atoms with van der Waals surface area (Å²) in [6.07, 6.45) is -10.1. The molecule has 3 heterocycles. The van der Waals surface area contributed by atoms with Crippen molar-refractivity contribution in [1.29, 1.82) is 0 Å². The molecular weight excluding hydrogens is 837 g/mol. The van der Waals surface area contributed by atoms with Gasteiger partial charge in [0.15, 0.2) is 18.9 Å². The maximum absolute atomic E-state index is 14.0. The molecular formula is C47H78O17. The van der Waals surface area contributed by atoms with Gasteiger partial charge in [-0.25, -0.2) is 0 Å². The number of carbonyl (C=O) groups excluding carboxylic acids is 1. The molecule has 17 heteroatoms. The molecule has 0 aromatic carbocycles. The zero-order chi connectivity index (χ0) is 46.9. The minimum atomic E-state index is -1.75. The van der Waals surface area contributed by atoms with Crippen LogP contribution in [0.25, 0.3) is 0 Å². The van der Waals surface area contributed by atoms with E-state index >= 15 is 0 Å². The van der Waals surface area contributed by atoms with E-state index in [2.05, 4.69) is 40.7 Å². The maximum Gasteiger partial charge on any atom is 0.187 e. The molecule has 7 fully saturated rings. The number of hydrogen-bond acceptors (Lipinski definition) is 17. The maximum atomic E-state index is 14.0. The van der Waals surface area contributed by atoms with Gasteiger partial charge < -0.3 is 84.3 Å². The van der Waals surface area contributed by atoms with Gasteiger partial charge in [-0.3, -0.25) is 0 Å². The van der Waals surface area contributed by atoms with Gasteiger partial charge in [-0.05, 0) is 125 Å². The Hall–Kier alpha value is -1.23. The van der Waals surface area contributed by atoms with Crippen LogP contribution in [-0.4, -0.2) is 175 Å². The molecule has 0 radical (unpaired) electrons. The first-order valence-corrected chi connectivity index (χ1v) is 23.7. The third kappa shape index (κ3) is 8.40. The normalized spacial score (nSPS) is 51.2. The standard InChI is InChI=1S/C47H78O17/c1-23(2)9-8-15-46(7,64-41-38(58)36(56)34(54)28(20-49)61-41)25-12-16-44(5)24(25)10-11-30-45(44,6)17-13-29-43(3,4)31(14-18-47(29,30)22-50)62-42-39(32(52)26(51)21-59-42)63-40-37(57)35(55)33(53)27(19-48)60-40/h9,22,24-42,48-49,51-58H,8,10-21H2,1-7H3/t24-,25+,26+,27-,28-,29+,30+,31+,32+,33-,34-,35+,36+,37-,38-,39-,40+,41+,42+,44-,45-,46-,47-/m1/s1. The topological polar surface area (TPSA) is 275 Å². The second-order valence-corrected chi connectivity index (χ2v) is 22.0. The lowest BCUT2D eigenvalue weighted by Gasteiger charge is -2.69. The largest absolute Gasteiger partial charge is 0.394 e. The summed E-state index contributed by atoms with van der Waals surface area (Å²) in [4.78, 5) is 14.0. The quantitative estimate of drug-likeness (QED) is 0.0696. The molecule has 7 aliphatic rings. The molecule has 0 amide bonds. The van der Waals surface area contributed by atoms with Gasteiger partial charge in [-0.1, -0.05) is 39.3 Å². The van der Waals surface area contributed by atoms with E-state index in [1.54, 1.807) is 0 Å². The Kier molecular flexibility index (Phi) is 15.0. The predicted octanol–water partition coefficient (Wildman–Crippen LogP) is 0.821. The van der Waals surface area contributed by atoms with Crippen LogP contribution in [-0.2, 0) is 33.2 Å². The average Bonchev–Trinajstić information content (AvgIpc) is 3.62. The Balaban J connectivity index is 1.11. The van der Waals surface area contributed by atoms with Gasteiger partial charge in [0.05, 0.1) is 31.5 Å². The molecule has 3 aliphatic heterocycles. The van der Waals surface area contributed by atoms with Gasteiger partial charge in [-0.15, -0.1) is 0 Å². The van der Waals surface area contributed by atoms with E-state index in [0.29, 0.717) is 19.3 Å². The van der Waals surface area contributed by atoms with E-state index in [4.69, 9.17) is 28.4 Å². The van der Waals surface area contributed by atoms with E-state index in [0.717, 1.165) is 44.9 Å².